The first-order valence-corrected chi connectivity index (χ1v) is 5.98. The fourth-order valence-electron chi connectivity index (χ4n) is 2.07. The molecule has 1 heterocycles. The number of carbonyl (C=O) groups is 1. The maximum Gasteiger partial charge on any atom is 0.243 e. The lowest BCUT2D eigenvalue weighted by Crippen LogP contribution is -2.49. The average Bonchev–Trinajstić information content (AvgIpc) is 2.35. The highest BCUT2D eigenvalue weighted by Gasteiger charge is 2.43. The lowest BCUT2D eigenvalue weighted by Gasteiger charge is -2.36. The van der Waals surface area contributed by atoms with Crippen LogP contribution < -0.4 is 0 Å². The van der Waals surface area contributed by atoms with Crippen molar-refractivity contribution in [1.82, 2.24) is 4.90 Å². The largest absolute Gasteiger partial charge is 0.395 e. The minimum Gasteiger partial charge on any atom is -0.395 e. The smallest absolute Gasteiger partial charge is 0.243 e. The minimum atomic E-state index is -0.961. The molecule has 0 radical (unpaired) electrons. The third-order valence-corrected chi connectivity index (χ3v) is 3.19. The van der Waals surface area contributed by atoms with Crippen molar-refractivity contribution in [3.05, 3.63) is 0 Å². The molecule has 0 unspecified atom stereocenters. The van der Waals surface area contributed by atoms with Gasteiger partial charge in [-0.15, -0.1) is 0 Å². The number of nitrogens with zero attached hydrogens (tertiary/aromatic N) is 2. The van der Waals surface area contributed by atoms with E-state index in [0.29, 0.717) is 26.1 Å². The summed E-state index contributed by atoms with van der Waals surface area (Å²) in [6.45, 7) is 4.87. The van der Waals surface area contributed by atoms with E-state index in [2.05, 4.69) is 6.07 Å². The molecule has 5 nitrogen and oxygen atoms in total. The van der Waals surface area contributed by atoms with Crippen LogP contribution in [-0.4, -0.2) is 48.3 Å². The molecule has 1 saturated heterocycles. The molecule has 1 aliphatic rings. The van der Waals surface area contributed by atoms with Crippen molar-refractivity contribution in [2.45, 2.75) is 32.7 Å². The second kappa shape index (κ2) is 5.99. The summed E-state index contributed by atoms with van der Waals surface area (Å²) in [5.41, 5.74) is -0.961. The predicted octanol–water partition coefficient (Wildman–Crippen LogP) is 0.536. The Kier molecular flexibility index (Phi) is 4.91. The van der Waals surface area contributed by atoms with Gasteiger partial charge in [0.05, 0.1) is 12.7 Å². The standard InChI is InChI=1S/C12H20N2O3/c1-10(2)14(5-6-15)11(16)12(9-13)3-7-17-8-4-12/h10,15H,3-8H2,1-2H3. The topological polar surface area (TPSA) is 73.6 Å². The van der Waals surface area contributed by atoms with E-state index in [1.54, 1.807) is 4.90 Å². The summed E-state index contributed by atoms with van der Waals surface area (Å²) in [6.07, 6.45) is 0.883. The highest BCUT2D eigenvalue weighted by atomic mass is 16.5. The molecule has 0 bridgehead atoms. The van der Waals surface area contributed by atoms with Gasteiger partial charge in [-0.05, 0) is 26.7 Å². The molecular weight excluding hydrogens is 220 g/mol. The molecule has 0 atom stereocenters. The average molecular weight is 240 g/mol. The number of carbonyl (C=O) groups excluding carboxylic acids is 1. The van der Waals surface area contributed by atoms with Crippen molar-refractivity contribution < 1.29 is 14.6 Å². The number of hydrogen-bond acceptors (Lipinski definition) is 4. The zero-order valence-electron chi connectivity index (χ0n) is 10.5. The number of nitriles is 1. The van der Waals surface area contributed by atoms with Gasteiger partial charge in [-0.25, -0.2) is 0 Å². The van der Waals surface area contributed by atoms with Crippen molar-refractivity contribution in [2.24, 2.45) is 5.41 Å². The monoisotopic (exact) mass is 240 g/mol. The number of aliphatic hydroxyl groups is 1. The summed E-state index contributed by atoms with van der Waals surface area (Å²) in [5.74, 6) is -0.174. The Hall–Kier alpha value is -1.12. The van der Waals surface area contributed by atoms with Crippen molar-refractivity contribution in [1.29, 1.82) is 5.26 Å². The van der Waals surface area contributed by atoms with Crippen LogP contribution in [0.15, 0.2) is 0 Å². The molecule has 1 amide bonds. The highest BCUT2D eigenvalue weighted by Crippen LogP contribution is 2.32. The molecule has 0 saturated carbocycles. The van der Waals surface area contributed by atoms with Gasteiger partial charge in [0.1, 0.15) is 5.41 Å². The van der Waals surface area contributed by atoms with Gasteiger partial charge in [0, 0.05) is 25.8 Å². The quantitative estimate of drug-likeness (QED) is 0.778. The van der Waals surface area contributed by atoms with Gasteiger partial charge in [-0.2, -0.15) is 5.26 Å². The van der Waals surface area contributed by atoms with Crippen molar-refractivity contribution in [3.8, 4) is 6.07 Å². The molecule has 17 heavy (non-hydrogen) atoms. The Morgan fingerprint density at radius 2 is 2.12 bits per heavy atom. The third-order valence-electron chi connectivity index (χ3n) is 3.19. The number of rotatable bonds is 4. The van der Waals surface area contributed by atoms with E-state index in [0.717, 1.165) is 0 Å². The number of amides is 1. The van der Waals surface area contributed by atoms with Crippen LogP contribution in [0.25, 0.3) is 0 Å². The summed E-state index contributed by atoms with van der Waals surface area (Å²) in [5, 5.41) is 18.3. The number of hydrogen-bond donors (Lipinski definition) is 1. The summed E-state index contributed by atoms with van der Waals surface area (Å²) in [4.78, 5) is 14.0. The zero-order valence-corrected chi connectivity index (χ0v) is 10.5. The predicted molar refractivity (Wildman–Crippen MR) is 62.0 cm³/mol. The van der Waals surface area contributed by atoms with Crippen molar-refractivity contribution >= 4 is 5.91 Å². The van der Waals surface area contributed by atoms with E-state index in [1.165, 1.54) is 0 Å². The van der Waals surface area contributed by atoms with E-state index in [-0.39, 0.29) is 25.1 Å². The lowest BCUT2D eigenvalue weighted by atomic mass is 9.80. The third kappa shape index (κ3) is 2.96. The van der Waals surface area contributed by atoms with Gasteiger partial charge < -0.3 is 14.7 Å². The molecule has 1 aliphatic heterocycles. The Morgan fingerprint density at radius 1 is 1.53 bits per heavy atom. The summed E-state index contributed by atoms with van der Waals surface area (Å²) < 4.78 is 5.21. The Balaban J connectivity index is 2.86. The Morgan fingerprint density at radius 3 is 2.53 bits per heavy atom. The van der Waals surface area contributed by atoms with Crippen molar-refractivity contribution in [3.63, 3.8) is 0 Å². The molecule has 0 aromatic heterocycles. The molecule has 1 N–H and O–H groups in total. The first-order chi connectivity index (χ1) is 8.07. The van der Waals surface area contributed by atoms with Crippen LogP contribution in [-0.2, 0) is 9.53 Å². The van der Waals surface area contributed by atoms with Crippen LogP contribution in [0.3, 0.4) is 0 Å². The molecule has 5 heteroatoms. The Labute approximate surface area is 102 Å². The van der Waals surface area contributed by atoms with Gasteiger partial charge in [-0.3, -0.25) is 4.79 Å². The van der Waals surface area contributed by atoms with Gasteiger partial charge in [-0.1, -0.05) is 0 Å². The van der Waals surface area contributed by atoms with E-state index in [9.17, 15) is 10.1 Å². The van der Waals surface area contributed by atoms with E-state index >= 15 is 0 Å². The molecule has 96 valence electrons. The van der Waals surface area contributed by atoms with Gasteiger partial charge in [0.25, 0.3) is 0 Å². The maximum atomic E-state index is 12.4. The van der Waals surface area contributed by atoms with Crippen LogP contribution in [0.1, 0.15) is 26.7 Å². The van der Waals surface area contributed by atoms with E-state index < -0.39 is 5.41 Å². The van der Waals surface area contributed by atoms with Crippen LogP contribution >= 0.6 is 0 Å². The maximum absolute atomic E-state index is 12.4. The molecule has 0 spiro atoms. The summed E-state index contributed by atoms with van der Waals surface area (Å²) >= 11 is 0. The summed E-state index contributed by atoms with van der Waals surface area (Å²) in [6, 6.07) is 2.15. The number of aliphatic hydroxyl groups excluding tert-OH is 1. The molecule has 0 aromatic rings. The van der Waals surface area contributed by atoms with Crippen LogP contribution in [0.2, 0.25) is 0 Å². The Bertz CT molecular complexity index is 303. The SMILES string of the molecule is CC(C)N(CCO)C(=O)C1(C#N)CCOCC1. The number of ether oxygens (including phenoxy) is 1. The summed E-state index contributed by atoms with van der Waals surface area (Å²) in [7, 11) is 0. The molecular formula is C12H20N2O3. The fraction of sp³-hybridized carbons (Fsp3) is 0.833. The molecule has 1 rings (SSSR count). The first kappa shape index (κ1) is 13.9. The van der Waals surface area contributed by atoms with Crippen LogP contribution in [0.4, 0.5) is 0 Å². The van der Waals surface area contributed by atoms with Gasteiger partial charge in [0.15, 0.2) is 0 Å². The lowest BCUT2D eigenvalue weighted by molar-refractivity contribution is -0.145. The highest BCUT2D eigenvalue weighted by molar-refractivity contribution is 5.85. The fourth-order valence-corrected chi connectivity index (χ4v) is 2.07. The first-order valence-electron chi connectivity index (χ1n) is 5.98. The van der Waals surface area contributed by atoms with E-state index in [1.807, 2.05) is 13.8 Å². The second-order valence-corrected chi connectivity index (χ2v) is 4.62. The van der Waals surface area contributed by atoms with Crippen LogP contribution in [0, 0.1) is 16.7 Å². The van der Waals surface area contributed by atoms with Gasteiger partial charge >= 0.3 is 0 Å². The zero-order chi connectivity index (χ0) is 12.9. The van der Waals surface area contributed by atoms with Crippen LogP contribution in [0.5, 0.6) is 0 Å². The second-order valence-electron chi connectivity index (χ2n) is 4.62. The molecule has 0 aliphatic carbocycles. The molecule has 0 aromatic carbocycles. The minimum absolute atomic E-state index is 0.0114. The normalized spacial score (nSPS) is 18.8. The van der Waals surface area contributed by atoms with Crippen molar-refractivity contribution in [2.75, 3.05) is 26.4 Å². The molecule has 1 fully saturated rings. The van der Waals surface area contributed by atoms with E-state index in [4.69, 9.17) is 9.84 Å². The van der Waals surface area contributed by atoms with Gasteiger partial charge in [0.2, 0.25) is 5.91 Å².